The molecular formula is C12H24N4O5S. The van der Waals surface area contributed by atoms with Crippen molar-refractivity contribution < 1.29 is 24.6 Å². The normalized spacial score (nSPS) is 14.7. The maximum atomic E-state index is 11.9. The molecule has 0 rings (SSSR count). The summed E-state index contributed by atoms with van der Waals surface area (Å²) in [6.07, 6.45) is 1.38. The van der Waals surface area contributed by atoms with Gasteiger partial charge in [0.15, 0.2) is 0 Å². The minimum Gasteiger partial charge on any atom is -0.480 e. The van der Waals surface area contributed by atoms with E-state index in [0.29, 0.717) is 19.4 Å². The van der Waals surface area contributed by atoms with Gasteiger partial charge in [0.2, 0.25) is 11.8 Å². The number of aliphatic carboxylic acids is 1. The average molecular weight is 336 g/mol. The van der Waals surface area contributed by atoms with E-state index in [2.05, 4.69) is 23.3 Å². The van der Waals surface area contributed by atoms with Crippen LogP contribution >= 0.6 is 12.6 Å². The highest BCUT2D eigenvalue weighted by Gasteiger charge is 2.26. The highest BCUT2D eigenvalue weighted by atomic mass is 32.1. The molecule has 0 radical (unpaired) electrons. The van der Waals surface area contributed by atoms with E-state index in [0.717, 1.165) is 0 Å². The van der Waals surface area contributed by atoms with Crippen LogP contribution in [0.3, 0.4) is 0 Å². The Hall–Kier alpha value is -1.36. The molecule has 0 saturated carbocycles. The highest BCUT2D eigenvalue weighted by Crippen LogP contribution is 2.01. The van der Waals surface area contributed by atoms with Crippen LogP contribution < -0.4 is 22.1 Å². The van der Waals surface area contributed by atoms with Gasteiger partial charge in [0, 0.05) is 5.75 Å². The van der Waals surface area contributed by atoms with Crippen molar-refractivity contribution in [2.45, 2.75) is 37.4 Å². The maximum Gasteiger partial charge on any atom is 0.326 e. The van der Waals surface area contributed by atoms with Crippen molar-refractivity contribution in [2.24, 2.45) is 11.5 Å². The Morgan fingerprint density at radius 2 is 1.68 bits per heavy atom. The molecule has 8 N–H and O–H groups in total. The van der Waals surface area contributed by atoms with Crippen molar-refractivity contribution in [3.05, 3.63) is 0 Å². The number of carboxylic acid groups (broad SMARTS) is 1. The van der Waals surface area contributed by atoms with Crippen LogP contribution in [0.25, 0.3) is 0 Å². The monoisotopic (exact) mass is 336 g/mol. The predicted octanol–water partition coefficient (Wildman–Crippen LogP) is -2.58. The number of thiol groups is 1. The first-order chi connectivity index (χ1) is 10.4. The molecule has 3 unspecified atom stereocenters. The molecule has 3 atom stereocenters. The third-order valence-corrected chi connectivity index (χ3v) is 3.30. The average Bonchev–Trinajstić information content (AvgIpc) is 2.50. The predicted molar refractivity (Wildman–Crippen MR) is 83.3 cm³/mol. The highest BCUT2D eigenvalue weighted by molar-refractivity contribution is 7.80. The van der Waals surface area contributed by atoms with Gasteiger partial charge in [-0.3, -0.25) is 9.59 Å². The van der Waals surface area contributed by atoms with Gasteiger partial charge < -0.3 is 32.3 Å². The van der Waals surface area contributed by atoms with Crippen LogP contribution in [0.5, 0.6) is 0 Å². The third-order valence-electron chi connectivity index (χ3n) is 2.91. The molecule has 2 amide bonds. The molecule has 0 aromatic rings. The molecular weight excluding hydrogens is 312 g/mol. The topological polar surface area (TPSA) is 168 Å². The zero-order valence-corrected chi connectivity index (χ0v) is 13.1. The van der Waals surface area contributed by atoms with Crippen molar-refractivity contribution >= 4 is 30.4 Å². The minimum atomic E-state index is -1.27. The molecule has 0 saturated heterocycles. The van der Waals surface area contributed by atoms with Gasteiger partial charge >= 0.3 is 5.97 Å². The first kappa shape index (κ1) is 20.6. The number of rotatable bonds is 11. The lowest BCUT2D eigenvalue weighted by molar-refractivity contribution is -0.142. The Bertz CT molecular complexity index is 383. The number of nitrogens with one attached hydrogen (secondary N) is 2. The van der Waals surface area contributed by atoms with E-state index in [9.17, 15) is 14.4 Å². The number of carboxylic acids is 1. The van der Waals surface area contributed by atoms with Gasteiger partial charge in [0.25, 0.3) is 0 Å². The van der Waals surface area contributed by atoms with Gasteiger partial charge in [-0.25, -0.2) is 4.79 Å². The lowest BCUT2D eigenvalue weighted by atomic mass is 10.1. The maximum absolute atomic E-state index is 11.9. The molecule has 0 aliphatic carbocycles. The Morgan fingerprint density at radius 1 is 1.09 bits per heavy atom. The number of aliphatic hydroxyl groups excluding tert-OH is 1. The molecule has 128 valence electrons. The largest absolute Gasteiger partial charge is 0.480 e. The second-order valence-corrected chi connectivity index (χ2v) is 5.08. The molecule has 0 heterocycles. The van der Waals surface area contributed by atoms with Gasteiger partial charge in [-0.1, -0.05) is 0 Å². The zero-order chi connectivity index (χ0) is 17.1. The van der Waals surface area contributed by atoms with Crippen molar-refractivity contribution in [3.8, 4) is 0 Å². The van der Waals surface area contributed by atoms with Crippen LogP contribution in [0.1, 0.15) is 19.3 Å². The molecule has 0 aliphatic rings. The number of carbonyl (C=O) groups is 3. The minimum absolute atomic E-state index is 0.0719. The zero-order valence-electron chi connectivity index (χ0n) is 12.2. The van der Waals surface area contributed by atoms with Crippen LogP contribution in [-0.4, -0.2) is 65.0 Å². The smallest absolute Gasteiger partial charge is 0.326 e. The van der Waals surface area contributed by atoms with E-state index >= 15 is 0 Å². The summed E-state index contributed by atoms with van der Waals surface area (Å²) in [7, 11) is 0. The molecule has 0 aromatic heterocycles. The SMILES string of the molecule is NCCCCC(NC(=O)C(CO)NC(=O)C(N)CS)C(=O)O. The Morgan fingerprint density at radius 3 is 2.14 bits per heavy atom. The fraction of sp³-hybridized carbons (Fsp3) is 0.750. The fourth-order valence-electron chi connectivity index (χ4n) is 1.58. The number of hydrogen-bond donors (Lipinski definition) is 7. The van der Waals surface area contributed by atoms with Crippen molar-refractivity contribution in [3.63, 3.8) is 0 Å². The number of carbonyl (C=O) groups excluding carboxylic acids is 2. The van der Waals surface area contributed by atoms with E-state index in [-0.39, 0.29) is 12.2 Å². The Kier molecular flexibility index (Phi) is 10.5. The van der Waals surface area contributed by atoms with Crippen LogP contribution in [0, 0.1) is 0 Å². The molecule has 0 aliphatic heterocycles. The van der Waals surface area contributed by atoms with Crippen LogP contribution in [0.4, 0.5) is 0 Å². The fourth-order valence-corrected chi connectivity index (χ4v) is 1.74. The second kappa shape index (κ2) is 11.2. The molecule has 0 fully saturated rings. The molecule has 22 heavy (non-hydrogen) atoms. The number of amides is 2. The van der Waals surface area contributed by atoms with Crippen LogP contribution in [0.2, 0.25) is 0 Å². The number of unbranched alkanes of at least 4 members (excludes halogenated alkanes) is 1. The first-order valence-electron chi connectivity index (χ1n) is 6.88. The lowest BCUT2D eigenvalue weighted by Gasteiger charge is -2.21. The quantitative estimate of drug-likeness (QED) is 0.160. The van der Waals surface area contributed by atoms with E-state index in [1.54, 1.807) is 0 Å². The van der Waals surface area contributed by atoms with Crippen molar-refractivity contribution in [1.82, 2.24) is 10.6 Å². The summed E-state index contributed by atoms with van der Waals surface area (Å²) in [4.78, 5) is 34.6. The van der Waals surface area contributed by atoms with E-state index in [1.165, 1.54) is 0 Å². The first-order valence-corrected chi connectivity index (χ1v) is 7.51. The molecule has 0 spiro atoms. The third kappa shape index (κ3) is 7.59. The lowest BCUT2D eigenvalue weighted by Crippen LogP contribution is -2.56. The van der Waals surface area contributed by atoms with E-state index in [4.69, 9.17) is 21.7 Å². The standard InChI is InChI=1S/C12H24N4O5S/c13-4-2-1-3-8(12(20)21)15-11(19)9(5-17)16-10(18)7(14)6-22/h7-9,17,22H,1-6,13-14H2,(H,15,19)(H,16,18)(H,20,21). The summed E-state index contributed by atoms with van der Waals surface area (Å²) in [6, 6.07) is -3.30. The molecule has 0 bridgehead atoms. The molecule has 10 heteroatoms. The van der Waals surface area contributed by atoms with Crippen LogP contribution in [-0.2, 0) is 14.4 Å². The summed E-state index contributed by atoms with van der Waals surface area (Å²) in [5.74, 6) is -2.57. The summed E-state index contributed by atoms with van der Waals surface area (Å²) in [6.45, 7) is -0.247. The summed E-state index contributed by atoms with van der Waals surface area (Å²) in [5, 5.41) is 22.7. The second-order valence-electron chi connectivity index (χ2n) is 4.72. The number of aliphatic hydroxyl groups is 1. The Balaban J connectivity index is 4.60. The summed E-state index contributed by atoms with van der Waals surface area (Å²) in [5.41, 5.74) is 10.8. The summed E-state index contributed by atoms with van der Waals surface area (Å²) >= 11 is 3.85. The van der Waals surface area contributed by atoms with Crippen molar-refractivity contribution in [2.75, 3.05) is 18.9 Å². The van der Waals surface area contributed by atoms with Crippen LogP contribution in [0.15, 0.2) is 0 Å². The Labute approximate surface area is 134 Å². The van der Waals surface area contributed by atoms with E-state index < -0.39 is 42.5 Å². The number of nitrogens with two attached hydrogens (primary N) is 2. The van der Waals surface area contributed by atoms with Gasteiger partial charge in [0.1, 0.15) is 12.1 Å². The number of hydrogen-bond acceptors (Lipinski definition) is 7. The van der Waals surface area contributed by atoms with Gasteiger partial charge in [0.05, 0.1) is 12.6 Å². The van der Waals surface area contributed by atoms with E-state index in [1.807, 2.05) is 0 Å². The molecule has 9 nitrogen and oxygen atoms in total. The summed E-state index contributed by atoms with van der Waals surface area (Å²) < 4.78 is 0. The van der Waals surface area contributed by atoms with Crippen molar-refractivity contribution in [1.29, 1.82) is 0 Å². The van der Waals surface area contributed by atoms with Gasteiger partial charge in [-0.05, 0) is 25.8 Å². The van der Waals surface area contributed by atoms with Gasteiger partial charge in [-0.15, -0.1) is 0 Å². The molecule has 0 aromatic carbocycles. The van der Waals surface area contributed by atoms with Gasteiger partial charge in [-0.2, -0.15) is 12.6 Å².